The van der Waals surface area contributed by atoms with Gasteiger partial charge in [0.05, 0.1) is 41.8 Å². The fourth-order valence-corrected chi connectivity index (χ4v) is 4.23. The number of carbonyl (C=O) groups excluding carboxylic acids is 1. The zero-order valence-electron chi connectivity index (χ0n) is 19.1. The first-order valence-corrected chi connectivity index (χ1v) is 11.2. The van der Waals surface area contributed by atoms with Gasteiger partial charge in [-0.2, -0.15) is 5.26 Å². The Labute approximate surface area is 203 Å². The Balaban J connectivity index is 1.69. The molecule has 2 heterocycles. The van der Waals surface area contributed by atoms with Gasteiger partial charge in [0.25, 0.3) is 5.91 Å². The highest BCUT2D eigenvalue weighted by Crippen LogP contribution is 2.34. The zero-order valence-corrected chi connectivity index (χ0v) is 19.8. The van der Waals surface area contributed by atoms with E-state index in [4.69, 9.17) is 21.1 Å². The van der Waals surface area contributed by atoms with Crippen LogP contribution in [0.2, 0.25) is 5.02 Å². The van der Waals surface area contributed by atoms with Gasteiger partial charge in [-0.1, -0.05) is 11.6 Å². The molecule has 34 heavy (non-hydrogen) atoms. The Morgan fingerprint density at radius 2 is 2.09 bits per heavy atom. The quantitative estimate of drug-likeness (QED) is 0.487. The first kappa shape index (κ1) is 25.3. The standard InChI is InChI=1S/C24H27ClN4O5/c1-15(18-9-16(12-26)3-4-20(18)33-2)29-22-19(25)10-17(13-27-22)23(32)28-14-24(11-21(30)31)5-7-34-8-6-24/h3-4,9-10,13,15H,5-8,11,14H2,1-2H3,(H,27,29)(H,28,32)(H,30,31). The number of pyridine rings is 1. The molecule has 0 bridgehead atoms. The van der Waals surface area contributed by atoms with E-state index in [0.717, 1.165) is 5.56 Å². The molecule has 1 saturated heterocycles. The Kier molecular flexibility index (Phi) is 8.31. The predicted octanol–water partition coefficient (Wildman–Crippen LogP) is 3.79. The predicted molar refractivity (Wildman–Crippen MR) is 126 cm³/mol. The third-order valence-corrected chi connectivity index (χ3v) is 6.27. The molecule has 2 aromatic rings. The van der Waals surface area contributed by atoms with Crippen LogP contribution >= 0.6 is 11.6 Å². The topological polar surface area (TPSA) is 134 Å². The number of methoxy groups -OCH3 is 1. The second-order valence-corrected chi connectivity index (χ2v) is 8.76. The number of rotatable bonds is 9. The largest absolute Gasteiger partial charge is 0.496 e. The number of benzene rings is 1. The van der Waals surface area contributed by atoms with Crippen molar-refractivity contribution in [3.05, 3.63) is 52.2 Å². The van der Waals surface area contributed by atoms with Gasteiger partial charge in [-0.15, -0.1) is 0 Å². The molecule has 3 rings (SSSR count). The molecule has 0 spiro atoms. The van der Waals surface area contributed by atoms with E-state index in [2.05, 4.69) is 21.7 Å². The Morgan fingerprint density at radius 3 is 2.71 bits per heavy atom. The van der Waals surface area contributed by atoms with Crippen molar-refractivity contribution >= 4 is 29.3 Å². The van der Waals surface area contributed by atoms with Crippen molar-refractivity contribution in [2.45, 2.75) is 32.2 Å². The van der Waals surface area contributed by atoms with Crippen LogP contribution in [0.25, 0.3) is 0 Å². The summed E-state index contributed by atoms with van der Waals surface area (Å²) in [6, 6.07) is 8.47. The maximum atomic E-state index is 12.7. The van der Waals surface area contributed by atoms with Gasteiger partial charge in [-0.05, 0) is 44.0 Å². The summed E-state index contributed by atoms with van der Waals surface area (Å²) in [6.07, 6.45) is 2.51. The number of hydrogen-bond acceptors (Lipinski definition) is 7. The number of nitriles is 1. The first-order valence-electron chi connectivity index (χ1n) is 10.8. The molecule has 1 unspecified atom stereocenters. The SMILES string of the molecule is COc1ccc(C#N)cc1C(C)Nc1ncc(C(=O)NCC2(CC(=O)O)CCOCC2)cc1Cl. The number of amides is 1. The van der Waals surface area contributed by atoms with Crippen LogP contribution < -0.4 is 15.4 Å². The van der Waals surface area contributed by atoms with Gasteiger partial charge >= 0.3 is 5.97 Å². The number of nitrogens with zero attached hydrogens (tertiary/aromatic N) is 2. The molecule has 1 fully saturated rings. The Bertz CT molecular complexity index is 1100. The first-order chi connectivity index (χ1) is 16.3. The molecule has 1 aromatic heterocycles. The minimum atomic E-state index is -0.901. The van der Waals surface area contributed by atoms with Gasteiger partial charge in [0.15, 0.2) is 0 Å². The molecule has 0 radical (unpaired) electrons. The maximum Gasteiger partial charge on any atom is 0.303 e. The van der Waals surface area contributed by atoms with Crippen molar-refractivity contribution < 1.29 is 24.2 Å². The van der Waals surface area contributed by atoms with E-state index in [-0.39, 0.29) is 35.5 Å². The number of carboxylic acid groups (broad SMARTS) is 1. The number of aliphatic carboxylic acids is 1. The second kappa shape index (κ2) is 11.2. The number of aromatic nitrogens is 1. The number of carboxylic acids is 1. The number of carbonyl (C=O) groups is 2. The van der Waals surface area contributed by atoms with Gasteiger partial charge in [-0.3, -0.25) is 9.59 Å². The molecule has 0 aliphatic carbocycles. The van der Waals surface area contributed by atoms with E-state index in [9.17, 15) is 20.0 Å². The lowest BCUT2D eigenvalue weighted by Gasteiger charge is -2.36. The molecule has 10 heteroatoms. The molecule has 3 N–H and O–H groups in total. The summed E-state index contributed by atoms with van der Waals surface area (Å²) in [5, 5.41) is 24.7. The van der Waals surface area contributed by atoms with E-state index >= 15 is 0 Å². The maximum absolute atomic E-state index is 12.7. The van der Waals surface area contributed by atoms with Crippen LogP contribution in [0.5, 0.6) is 5.75 Å². The average Bonchev–Trinajstić information content (AvgIpc) is 2.83. The monoisotopic (exact) mass is 486 g/mol. The van der Waals surface area contributed by atoms with Gasteiger partial charge in [-0.25, -0.2) is 4.98 Å². The van der Waals surface area contributed by atoms with Gasteiger partial charge in [0.1, 0.15) is 11.6 Å². The number of hydrogen-bond donors (Lipinski definition) is 3. The third-order valence-electron chi connectivity index (χ3n) is 5.99. The van der Waals surface area contributed by atoms with Crippen molar-refractivity contribution in [2.75, 3.05) is 32.2 Å². The third kappa shape index (κ3) is 6.16. The molecule has 180 valence electrons. The van der Waals surface area contributed by atoms with Crippen LogP contribution in [0, 0.1) is 16.7 Å². The van der Waals surface area contributed by atoms with Crippen LogP contribution in [-0.2, 0) is 9.53 Å². The van der Waals surface area contributed by atoms with Crippen molar-refractivity contribution in [3.63, 3.8) is 0 Å². The average molecular weight is 487 g/mol. The summed E-state index contributed by atoms with van der Waals surface area (Å²) >= 11 is 6.40. The number of nitrogens with one attached hydrogen (secondary N) is 2. The lowest BCUT2D eigenvalue weighted by molar-refractivity contribution is -0.141. The molecule has 1 aliphatic heterocycles. The van der Waals surface area contributed by atoms with E-state index in [1.165, 1.54) is 12.3 Å². The van der Waals surface area contributed by atoms with Gasteiger partial charge in [0.2, 0.25) is 0 Å². The van der Waals surface area contributed by atoms with E-state index in [1.807, 2.05) is 6.92 Å². The normalized spacial score (nSPS) is 15.6. The summed E-state index contributed by atoms with van der Waals surface area (Å²) in [5.41, 5.74) is 0.997. The van der Waals surface area contributed by atoms with Gasteiger partial charge in [0, 0.05) is 36.9 Å². The van der Waals surface area contributed by atoms with Crippen LogP contribution in [0.3, 0.4) is 0 Å². The zero-order chi connectivity index (χ0) is 24.7. The second-order valence-electron chi connectivity index (χ2n) is 8.35. The molecule has 1 atom stereocenters. The summed E-state index contributed by atoms with van der Waals surface area (Å²) in [4.78, 5) is 28.3. The Morgan fingerprint density at radius 1 is 1.35 bits per heavy atom. The van der Waals surface area contributed by atoms with Crippen LogP contribution in [0.15, 0.2) is 30.5 Å². The molecular weight excluding hydrogens is 460 g/mol. The van der Waals surface area contributed by atoms with Gasteiger partial charge < -0.3 is 25.2 Å². The lowest BCUT2D eigenvalue weighted by Crippen LogP contribution is -2.42. The summed E-state index contributed by atoms with van der Waals surface area (Å²) in [7, 11) is 1.55. The fourth-order valence-electron chi connectivity index (χ4n) is 4.00. The number of ether oxygens (including phenoxy) is 2. The molecule has 0 saturated carbocycles. The highest BCUT2D eigenvalue weighted by atomic mass is 35.5. The van der Waals surface area contributed by atoms with Crippen molar-refractivity contribution in [1.29, 1.82) is 5.26 Å². The summed E-state index contributed by atoms with van der Waals surface area (Å²) < 4.78 is 10.7. The molecular formula is C24H27ClN4O5. The van der Waals surface area contributed by atoms with Crippen molar-refractivity contribution in [1.82, 2.24) is 10.3 Å². The highest BCUT2D eigenvalue weighted by Gasteiger charge is 2.35. The van der Waals surface area contributed by atoms with E-state index in [0.29, 0.717) is 43.2 Å². The molecule has 1 aromatic carbocycles. The van der Waals surface area contributed by atoms with E-state index in [1.54, 1.807) is 25.3 Å². The minimum Gasteiger partial charge on any atom is -0.496 e. The summed E-state index contributed by atoms with van der Waals surface area (Å²) in [5.74, 6) is -0.285. The fraction of sp³-hybridized carbons (Fsp3) is 0.417. The number of halogens is 1. The smallest absolute Gasteiger partial charge is 0.303 e. The molecule has 1 amide bonds. The summed E-state index contributed by atoms with van der Waals surface area (Å²) in [6.45, 7) is 3.05. The highest BCUT2D eigenvalue weighted by molar-refractivity contribution is 6.33. The molecule has 1 aliphatic rings. The number of anilines is 1. The molecule has 9 nitrogen and oxygen atoms in total. The van der Waals surface area contributed by atoms with Crippen molar-refractivity contribution in [2.24, 2.45) is 5.41 Å². The minimum absolute atomic E-state index is 0.0349. The van der Waals surface area contributed by atoms with E-state index < -0.39 is 11.4 Å². The van der Waals surface area contributed by atoms with Crippen LogP contribution in [-0.4, -0.2) is 48.8 Å². The van der Waals surface area contributed by atoms with Crippen LogP contribution in [0.1, 0.15) is 53.7 Å². The van der Waals surface area contributed by atoms with Crippen molar-refractivity contribution in [3.8, 4) is 11.8 Å². The van der Waals surface area contributed by atoms with Crippen LogP contribution in [0.4, 0.5) is 5.82 Å². The Hall–Kier alpha value is -3.35. The lowest BCUT2D eigenvalue weighted by atomic mass is 9.77.